The summed E-state index contributed by atoms with van der Waals surface area (Å²) in [5, 5.41) is 0. The Morgan fingerprint density at radius 1 is 0.591 bits per heavy atom. The monoisotopic (exact) mass is 310 g/mol. The van der Waals surface area contributed by atoms with E-state index in [4.69, 9.17) is 0 Å². The van der Waals surface area contributed by atoms with E-state index in [0.29, 0.717) is 10.8 Å². The van der Waals surface area contributed by atoms with E-state index in [2.05, 4.69) is 51.3 Å². The van der Waals surface area contributed by atoms with Gasteiger partial charge in [0.05, 0.1) is 0 Å². The van der Waals surface area contributed by atoms with Gasteiger partial charge in [-0.15, -0.1) is 0 Å². The molecule has 0 aromatic carbocycles. The fraction of sp³-hybridized carbons (Fsp3) is 1.00. The Labute approximate surface area is 140 Å². The molecule has 0 aromatic rings. The van der Waals surface area contributed by atoms with Gasteiger partial charge in [-0.1, -0.05) is 54.4 Å². The smallest absolute Gasteiger partial charge is 0.00502 e. The van der Waals surface area contributed by atoms with E-state index in [1.54, 1.807) is 0 Å². The van der Waals surface area contributed by atoms with Gasteiger partial charge < -0.3 is 9.80 Å². The Morgan fingerprint density at radius 3 is 1.32 bits per heavy atom. The van der Waals surface area contributed by atoms with Gasteiger partial charge >= 0.3 is 0 Å². The zero-order valence-electron chi connectivity index (χ0n) is 16.4. The van der Waals surface area contributed by atoms with Gasteiger partial charge in [-0.25, -0.2) is 0 Å². The van der Waals surface area contributed by atoms with Crippen molar-refractivity contribution in [2.75, 3.05) is 39.3 Å². The summed E-state index contributed by atoms with van der Waals surface area (Å²) in [6, 6.07) is 0. The van der Waals surface area contributed by atoms with Crippen molar-refractivity contribution in [3.63, 3.8) is 0 Å². The lowest BCUT2D eigenvalue weighted by atomic mass is 9.74. The largest absolute Gasteiger partial charge is 0.304 e. The normalized spacial score (nSPS) is 24.3. The second-order valence-corrected chi connectivity index (χ2v) is 7.65. The standard InChI is InChI=1S/C11H23N.C9H19N/c1-4-11(5-2)7-9-12(6-3)10-8-11;1-4-9(5-2)7-10(6-3)8-9/h4-10H2,1-3H3;4-8H2,1-3H3. The summed E-state index contributed by atoms with van der Waals surface area (Å²) >= 11 is 0. The molecule has 0 unspecified atom stereocenters. The average molecular weight is 311 g/mol. The lowest BCUT2D eigenvalue weighted by Crippen LogP contribution is -2.55. The molecule has 0 N–H and O–H groups in total. The van der Waals surface area contributed by atoms with Crippen LogP contribution in [0.4, 0.5) is 0 Å². The topological polar surface area (TPSA) is 6.48 Å². The molecule has 2 rings (SSSR count). The van der Waals surface area contributed by atoms with Crippen molar-refractivity contribution in [3.8, 4) is 0 Å². The number of hydrogen-bond acceptors (Lipinski definition) is 2. The molecule has 0 spiro atoms. The molecule has 0 aliphatic carbocycles. The van der Waals surface area contributed by atoms with Gasteiger partial charge in [-0.2, -0.15) is 0 Å². The highest BCUT2D eigenvalue weighted by atomic mass is 15.2. The average Bonchev–Trinajstić information content (AvgIpc) is 2.56. The van der Waals surface area contributed by atoms with Crippen molar-refractivity contribution < 1.29 is 0 Å². The molecule has 2 nitrogen and oxygen atoms in total. The second kappa shape index (κ2) is 9.27. The van der Waals surface area contributed by atoms with E-state index < -0.39 is 0 Å². The van der Waals surface area contributed by atoms with Crippen molar-refractivity contribution in [2.24, 2.45) is 10.8 Å². The number of rotatable bonds is 6. The molecule has 132 valence electrons. The maximum atomic E-state index is 2.57. The van der Waals surface area contributed by atoms with Crippen LogP contribution in [-0.4, -0.2) is 49.1 Å². The summed E-state index contributed by atoms with van der Waals surface area (Å²) in [5.74, 6) is 0. The Hall–Kier alpha value is -0.0800. The highest BCUT2D eigenvalue weighted by Crippen LogP contribution is 2.37. The van der Waals surface area contributed by atoms with E-state index in [-0.39, 0.29) is 0 Å². The van der Waals surface area contributed by atoms with E-state index >= 15 is 0 Å². The summed E-state index contributed by atoms with van der Waals surface area (Å²) in [6.07, 6.45) is 8.32. The van der Waals surface area contributed by atoms with Crippen LogP contribution in [0.1, 0.15) is 80.1 Å². The van der Waals surface area contributed by atoms with Gasteiger partial charge in [-0.05, 0) is 62.7 Å². The first-order chi connectivity index (χ1) is 10.5. The van der Waals surface area contributed by atoms with Crippen molar-refractivity contribution in [1.82, 2.24) is 9.80 Å². The Kier molecular flexibility index (Phi) is 8.42. The molecule has 2 heteroatoms. The zero-order valence-corrected chi connectivity index (χ0v) is 16.4. The Morgan fingerprint density at radius 2 is 1.00 bits per heavy atom. The molecule has 2 aliphatic rings. The van der Waals surface area contributed by atoms with Crippen LogP contribution >= 0.6 is 0 Å². The lowest BCUT2D eigenvalue weighted by Gasteiger charge is -2.49. The third-order valence-electron chi connectivity index (χ3n) is 6.93. The molecule has 0 amide bonds. The first kappa shape index (κ1) is 20.0. The van der Waals surface area contributed by atoms with Crippen LogP contribution in [0.15, 0.2) is 0 Å². The van der Waals surface area contributed by atoms with E-state index in [0.717, 1.165) is 0 Å². The van der Waals surface area contributed by atoms with Crippen molar-refractivity contribution in [3.05, 3.63) is 0 Å². The van der Waals surface area contributed by atoms with Crippen LogP contribution in [0.3, 0.4) is 0 Å². The summed E-state index contributed by atoms with van der Waals surface area (Å²) in [7, 11) is 0. The molecule has 0 aromatic heterocycles. The van der Waals surface area contributed by atoms with Gasteiger partial charge in [0.2, 0.25) is 0 Å². The SMILES string of the molecule is CCN1CC(CC)(CC)C1.CCN1CCC(CC)(CC)CC1. The predicted molar refractivity (Wildman–Crippen MR) is 99.5 cm³/mol. The van der Waals surface area contributed by atoms with Crippen LogP contribution in [0.5, 0.6) is 0 Å². The van der Waals surface area contributed by atoms with Crippen LogP contribution in [0, 0.1) is 10.8 Å². The molecule has 2 aliphatic heterocycles. The summed E-state index contributed by atoms with van der Waals surface area (Å²) in [5.41, 5.74) is 1.40. The maximum Gasteiger partial charge on any atom is 0.00502 e. The van der Waals surface area contributed by atoms with E-state index in [9.17, 15) is 0 Å². The molecule has 2 saturated heterocycles. The fourth-order valence-corrected chi connectivity index (χ4v) is 4.12. The molecule has 2 fully saturated rings. The molecule has 0 atom stereocenters. The fourth-order valence-electron chi connectivity index (χ4n) is 4.12. The third kappa shape index (κ3) is 4.96. The minimum atomic E-state index is 0.700. The van der Waals surface area contributed by atoms with Gasteiger partial charge in [0, 0.05) is 13.1 Å². The quantitative estimate of drug-likeness (QED) is 0.678. The zero-order chi connectivity index (χ0) is 16.6. The summed E-state index contributed by atoms with van der Waals surface area (Å²) < 4.78 is 0. The number of piperidine rings is 1. The van der Waals surface area contributed by atoms with E-state index in [1.807, 2.05) is 0 Å². The van der Waals surface area contributed by atoms with Crippen LogP contribution in [0.25, 0.3) is 0 Å². The number of likely N-dealkylation sites (tertiary alicyclic amines) is 2. The lowest BCUT2D eigenvalue weighted by molar-refractivity contribution is -0.00157. The van der Waals surface area contributed by atoms with Gasteiger partial charge in [-0.3, -0.25) is 0 Å². The molecule has 0 radical (unpaired) electrons. The first-order valence-electron chi connectivity index (χ1n) is 9.97. The minimum Gasteiger partial charge on any atom is -0.304 e. The first-order valence-corrected chi connectivity index (χ1v) is 9.97. The molecule has 2 heterocycles. The van der Waals surface area contributed by atoms with Gasteiger partial charge in [0.1, 0.15) is 0 Å². The van der Waals surface area contributed by atoms with Crippen molar-refractivity contribution in [1.29, 1.82) is 0 Å². The highest BCUT2D eigenvalue weighted by Gasteiger charge is 2.38. The molecule has 22 heavy (non-hydrogen) atoms. The molecule has 0 saturated carbocycles. The van der Waals surface area contributed by atoms with Crippen LogP contribution in [-0.2, 0) is 0 Å². The highest BCUT2D eigenvalue weighted by molar-refractivity contribution is 4.92. The Bertz CT molecular complexity index is 274. The van der Waals surface area contributed by atoms with Crippen LogP contribution in [0.2, 0.25) is 0 Å². The molecular weight excluding hydrogens is 268 g/mol. The van der Waals surface area contributed by atoms with Gasteiger partial charge in [0.15, 0.2) is 0 Å². The second-order valence-electron chi connectivity index (χ2n) is 7.65. The van der Waals surface area contributed by atoms with Crippen molar-refractivity contribution in [2.45, 2.75) is 80.1 Å². The number of hydrogen-bond donors (Lipinski definition) is 0. The summed E-state index contributed by atoms with van der Waals surface area (Å²) in [4.78, 5) is 5.09. The summed E-state index contributed by atoms with van der Waals surface area (Å²) in [6.45, 7) is 21.7. The number of nitrogens with zero attached hydrogens (tertiary/aromatic N) is 2. The maximum absolute atomic E-state index is 2.57. The predicted octanol–water partition coefficient (Wildman–Crippen LogP) is 5.04. The van der Waals surface area contributed by atoms with Crippen LogP contribution < -0.4 is 0 Å². The van der Waals surface area contributed by atoms with Gasteiger partial charge in [0.25, 0.3) is 0 Å². The Balaban J connectivity index is 0.000000224. The molecular formula is C20H42N2. The van der Waals surface area contributed by atoms with E-state index in [1.165, 1.54) is 77.8 Å². The van der Waals surface area contributed by atoms with Crippen molar-refractivity contribution >= 4 is 0 Å². The minimum absolute atomic E-state index is 0.700. The third-order valence-corrected chi connectivity index (χ3v) is 6.93. The molecule has 0 bridgehead atoms.